The van der Waals surface area contributed by atoms with Crippen LogP contribution in [0.1, 0.15) is 0 Å². The average Bonchev–Trinajstić information content (AvgIpc) is 3.10. The lowest BCUT2D eigenvalue weighted by molar-refractivity contribution is 1.11. The largest absolute Gasteiger partial charge is 0.277 e. The van der Waals surface area contributed by atoms with Crippen LogP contribution in [0.15, 0.2) is 66.7 Å². The molecular weight excluding hydrogens is 270 g/mol. The van der Waals surface area contributed by atoms with Gasteiger partial charge in [-0.15, -0.1) is 0 Å². The van der Waals surface area contributed by atoms with Crippen LogP contribution in [0.3, 0.4) is 0 Å². The van der Waals surface area contributed by atoms with E-state index in [-0.39, 0.29) is 0 Å². The Morgan fingerprint density at radius 2 is 1.64 bits per heavy atom. The zero-order valence-corrected chi connectivity index (χ0v) is 11.7. The van der Waals surface area contributed by atoms with Gasteiger partial charge in [-0.1, -0.05) is 36.4 Å². The molecule has 0 saturated heterocycles. The molecular formula is C19H11N3. The molecule has 0 aliphatic rings. The maximum absolute atomic E-state index is 4.82. The summed E-state index contributed by atoms with van der Waals surface area (Å²) in [6.07, 6.45) is 0. The molecule has 0 unspecified atom stereocenters. The molecule has 22 heavy (non-hydrogen) atoms. The minimum Gasteiger partial charge on any atom is -0.277 e. The van der Waals surface area contributed by atoms with Gasteiger partial charge < -0.3 is 0 Å². The summed E-state index contributed by atoms with van der Waals surface area (Å²) in [4.78, 5) is 4.82. The van der Waals surface area contributed by atoms with Crippen molar-refractivity contribution < 1.29 is 0 Å². The van der Waals surface area contributed by atoms with Gasteiger partial charge in [0.1, 0.15) is 5.52 Å². The van der Waals surface area contributed by atoms with Crippen molar-refractivity contribution in [1.82, 2.24) is 14.0 Å². The first-order valence-corrected chi connectivity index (χ1v) is 7.19. The van der Waals surface area contributed by atoms with E-state index in [0.29, 0.717) is 0 Å². The van der Waals surface area contributed by atoms with Gasteiger partial charge in [-0.2, -0.15) is 0 Å². The van der Waals surface area contributed by atoms with Gasteiger partial charge in [0.15, 0.2) is 0 Å². The lowest BCUT2D eigenvalue weighted by Gasteiger charge is -2.03. The van der Waals surface area contributed by atoms with E-state index in [2.05, 4.69) is 45.4 Å². The third-order valence-corrected chi connectivity index (χ3v) is 3.98. The minimum absolute atomic E-state index is 0.901. The molecule has 102 valence electrons. The van der Waals surface area contributed by atoms with Crippen molar-refractivity contribution in [3.63, 3.8) is 0 Å². The molecule has 2 heterocycles. The molecule has 2 aromatic heterocycles. The predicted octanol–water partition coefficient (Wildman–Crippen LogP) is 4.03. The number of nitrogens with zero attached hydrogens (tertiary/aromatic N) is 3. The Labute approximate surface area is 127 Å². The van der Waals surface area contributed by atoms with Crippen LogP contribution in [0, 0.1) is 12.1 Å². The normalized spacial score (nSPS) is 11.3. The van der Waals surface area contributed by atoms with Crippen LogP contribution in [0.2, 0.25) is 0 Å². The van der Waals surface area contributed by atoms with Crippen LogP contribution in [0.4, 0.5) is 0 Å². The van der Waals surface area contributed by atoms with Gasteiger partial charge in [-0.3, -0.25) is 8.97 Å². The van der Waals surface area contributed by atoms with E-state index in [1.165, 1.54) is 0 Å². The van der Waals surface area contributed by atoms with Gasteiger partial charge in [0.05, 0.1) is 16.6 Å². The average molecular weight is 281 g/mol. The quantitative estimate of drug-likeness (QED) is 0.455. The molecule has 0 spiro atoms. The monoisotopic (exact) mass is 281 g/mol. The third-order valence-electron chi connectivity index (χ3n) is 3.98. The number of para-hydroxylation sites is 3. The summed E-state index contributed by atoms with van der Waals surface area (Å²) in [7, 11) is 0. The third kappa shape index (κ3) is 1.39. The van der Waals surface area contributed by atoms with Crippen molar-refractivity contribution in [2.24, 2.45) is 0 Å². The minimum atomic E-state index is 0.901. The zero-order valence-electron chi connectivity index (χ0n) is 11.7. The highest BCUT2D eigenvalue weighted by atomic mass is 15.2. The topological polar surface area (TPSA) is 22.2 Å². The number of benzene rings is 2. The highest BCUT2D eigenvalue weighted by Gasteiger charge is 2.16. The molecule has 0 amide bonds. The molecule has 3 heteroatoms. The second-order valence-electron chi connectivity index (χ2n) is 5.24. The number of hydrogen-bond donors (Lipinski definition) is 0. The molecule has 0 aliphatic carbocycles. The molecule has 3 nitrogen and oxygen atoms in total. The SMILES string of the molecule is c1ccc2c(c#1)n1c3ccccc3nc1n2-c1ccccc1. The van der Waals surface area contributed by atoms with Crippen molar-refractivity contribution in [3.8, 4) is 5.69 Å². The zero-order chi connectivity index (χ0) is 14.5. The molecule has 0 bridgehead atoms. The first kappa shape index (κ1) is 11.4. The van der Waals surface area contributed by atoms with Crippen molar-refractivity contribution in [2.75, 3.05) is 0 Å². The number of fused-ring (bicyclic) bond motifs is 5. The number of hydrogen-bond acceptors (Lipinski definition) is 1. The summed E-state index contributed by atoms with van der Waals surface area (Å²) in [6, 6.07) is 28.7. The molecule has 0 aliphatic heterocycles. The lowest BCUT2D eigenvalue weighted by Crippen LogP contribution is -1.94. The van der Waals surface area contributed by atoms with Crippen LogP contribution in [-0.2, 0) is 0 Å². The fourth-order valence-electron chi connectivity index (χ4n) is 3.05. The van der Waals surface area contributed by atoms with Gasteiger partial charge in [0.25, 0.3) is 0 Å². The van der Waals surface area contributed by atoms with Crippen molar-refractivity contribution in [3.05, 3.63) is 78.9 Å². The van der Waals surface area contributed by atoms with Crippen LogP contribution in [0.5, 0.6) is 0 Å². The van der Waals surface area contributed by atoms with Crippen LogP contribution < -0.4 is 0 Å². The number of imidazole rings is 2. The van der Waals surface area contributed by atoms with Crippen molar-refractivity contribution >= 4 is 27.8 Å². The Morgan fingerprint density at radius 3 is 2.55 bits per heavy atom. The molecule has 5 aromatic rings. The fourth-order valence-corrected chi connectivity index (χ4v) is 3.05. The fraction of sp³-hybridized carbons (Fsp3) is 0. The number of aromatic nitrogens is 3. The smallest absolute Gasteiger partial charge is 0.221 e. The molecule has 0 radical (unpaired) electrons. The molecule has 0 N–H and O–H groups in total. The van der Waals surface area contributed by atoms with Crippen molar-refractivity contribution in [2.45, 2.75) is 0 Å². The summed E-state index contributed by atoms with van der Waals surface area (Å²) in [6.45, 7) is 0. The van der Waals surface area contributed by atoms with Crippen LogP contribution in [0.25, 0.3) is 33.5 Å². The summed E-state index contributed by atoms with van der Waals surface area (Å²) in [5, 5.41) is 0. The molecule has 0 saturated carbocycles. The van der Waals surface area contributed by atoms with Crippen LogP contribution >= 0.6 is 0 Å². The highest BCUT2D eigenvalue weighted by Crippen LogP contribution is 2.27. The summed E-state index contributed by atoms with van der Waals surface area (Å²) >= 11 is 0. The highest BCUT2D eigenvalue weighted by molar-refractivity contribution is 5.91. The van der Waals surface area contributed by atoms with E-state index in [0.717, 1.165) is 33.5 Å². The van der Waals surface area contributed by atoms with E-state index >= 15 is 0 Å². The van der Waals surface area contributed by atoms with Crippen LogP contribution in [-0.4, -0.2) is 14.0 Å². The second-order valence-corrected chi connectivity index (χ2v) is 5.24. The molecule has 3 aromatic carbocycles. The first-order chi connectivity index (χ1) is 10.9. The Balaban J connectivity index is 2.07. The predicted molar refractivity (Wildman–Crippen MR) is 87.2 cm³/mol. The Hall–Kier alpha value is -3.25. The Bertz CT molecular complexity index is 1120. The van der Waals surface area contributed by atoms with E-state index in [4.69, 9.17) is 4.98 Å². The van der Waals surface area contributed by atoms with Gasteiger partial charge in [0, 0.05) is 5.69 Å². The number of rotatable bonds is 1. The summed E-state index contributed by atoms with van der Waals surface area (Å²) < 4.78 is 4.31. The Kier molecular flexibility index (Phi) is 2.14. The Morgan fingerprint density at radius 1 is 0.818 bits per heavy atom. The second kappa shape index (κ2) is 4.12. The summed E-state index contributed by atoms with van der Waals surface area (Å²) in [5.74, 6) is 0.901. The van der Waals surface area contributed by atoms with E-state index in [9.17, 15) is 0 Å². The van der Waals surface area contributed by atoms with E-state index < -0.39 is 0 Å². The maximum atomic E-state index is 4.82. The van der Waals surface area contributed by atoms with Crippen molar-refractivity contribution in [1.29, 1.82) is 0 Å². The molecule has 0 atom stereocenters. The van der Waals surface area contributed by atoms with Gasteiger partial charge in [0.2, 0.25) is 5.78 Å². The molecule has 5 rings (SSSR count). The van der Waals surface area contributed by atoms with Gasteiger partial charge in [-0.05, 0) is 42.5 Å². The maximum Gasteiger partial charge on any atom is 0.221 e. The van der Waals surface area contributed by atoms with Gasteiger partial charge in [-0.25, -0.2) is 4.98 Å². The van der Waals surface area contributed by atoms with E-state index in [1.54, 1.807) is 0 Å². The lowest BCUT2D eigenvalue weighted by atomic mass is 10.3. The summed E-state index contributed by atoms with van der Waals surface area (Å²) in [5.41, 5.74) is 5.25. The van der Waals surface area contributed by atoms with E-state index in [1.807, 2.05) is 42.5 Å². The first-order valence-electron chi connectivity index (χ1n) is 7.19. The van der Waals surface area contributed by atoms with Gasteiger partial charge >= 0.3 is 0 Å². The molecule has 0 fully saturated rings. The standard InChI is InChI=1S/C19H11N3/c1-2-8-14(9-3-1)21-17-12-6-7-13-18(17)22-16-11-5-4-10-15(16)20-19(21)22/h1-6,8-12H.